The molecule has 122 valence electrons. The van der Waals surface area contributed by atoms with Crippen LogP contribution in [0.15, 0.2) is 5.16 Å². The summed E-state index contributed by atoms with van der Waals surface area (Å²) in [5, 5.41) is 3.19. The van der Waals surface area contributed by atoms with E-state index in [0.29, 0.717) is 36.8 Å². The summed E-state index contributed by atoms with van der Waals surface area (Å²) in [5.41, 5.74) is 2.13. The monoisotopic (exact) mass is 327 g/mol. The van der Waals surface area contributed by atoms with Gasteiger partial charge >= 0.3 is 0 Å². The predicted octanol–water partition coefficient (Wildman–Crippen LogP) is -0.389. The standard InChI is InChI=1S/C12H21N7O2S/c1-3-14-10-15-11(19-4-6-21-7-5-19)17-12(16-10)22-8(2)9(20)18-13/h8H,3-7,13H2,1-2H3,(H,18,20)(H,14,15,16,17)/t8-/m1/s1. The van der Waals surface area contributed by atoms with Crippen LogP contribution in [0.4, 0.5) is 11.9 Å². The van der Waals surface area contributed by atoms with Gasteiger partial charge in [0.25, 0.3) is 0 Å². The van der Waals surface area contributed by atoms with Gasteiger partial charge in [-0.1, -0.05) is 11.8 Å². The highest BCUT2D eigenvalue weighted by Gasteiger charge is 2.19. The zero-order chi connectivity index (χ0) is 15.9. The van der Waals surface area contributed by atoms with Crippen molar-refractivity contribution in [3.05, 3.63) is 0 Å². The number of anilines is 2. The van der Waals surface area contributed by atoms with E-state index in [4.69, 9.17) is 10.6 Å². The number of ether oxygens (including phenoxy) is 1. The second-order valence-corrected chi connectivity index (χ2v) is 5.95. The maximum absolute atomic E-state index is 11.5. The van der Waals surface area contributed by atoms with Crippen LogP contribution < -0.4 is 21.5 Å². The number of rotatable bonds is 6. The lowest BCUT2D eigenvalue weighted by Gasteiger charge is -2.27. The number of hydrazine groups is 1. The molecule has 0 spiro atoms. The molecule has 1 aromatic rings. The Morgan fingerprint density at radius 3 is 2.77 bits per heavy atom. The van der Waals surface area contributed by atoms with Crippen LogP contribution >= 0.6 is 11.8 Å². The minimum atomic E-state index is -0.389. The van der Waals surface area contributed by atoms with Gasteiger partial charge in [0.05, 0.1) is 18.5 Å². The zero-order valence-electron chi connectivity index (χ0n) is 12.7. The maximum Gasteiger partial charge on any atom is 0.247 e. The van der Waals surface area contributed by atoms with E-state index >= 15 is 0 Å². The molecule has 1 aliphatic rings. The van der Waals surface area contributed by atoms with Gasteiger partial charge in [-0.2, -0.15) is 15.0 Å². The van der Waals surface area contributed by atoms with Crippen LogP contribution in [-0.2, 0) is 9.53 Å². The van der Waals surface area contributed by atoms with Crippen LogP contribution in [0.5, 0.6) is 0 Å². The molecule has 4 N–H and O–H groups in total. The van der Waals surface area contributed by atoms with Gasteiger partial charge in [-0.15, -0.1) is 0 Å². The first-order chi connectivity index (χ1) is 10.6. The minimum absolute atomic E-state index is 0.275. The van der Waals surface area contributed by atoms with Crippen molar-refractivity contribution in [2.75, 3.05) is 43.1 Å². The SMILES string of the molecule is CCNc1nc(S[C@H](C)C(=O)NN)nc(N2CCOCC2)n1. The first kappa shape index (κ1) is 16.7. The van der Waals surface area contributed by atoms with Gasteiger partial charge in [0.1, 0.15) is 0 Å². The average Bonchev–Trinajstić information content (AvgIpc) is 2.55. The molecular formula is C12H21N7O2S. The van der Waals surface area contributed by atoms with Crippen LogP contribution in [0.3, 0.4) is 0 Å². The third kappa shape index (κ3) is 4.42. The molecule has 0 saturated carbocycles. The van der Waals surface area contributed by atoms with E-state index in [9.17, 15) is 4.79 Å². The first-order valence-corrected chi connectivity index (χ1v) is 8.01. The summed E-state index contributed by atoms with van der Waals surface area (Å²) in [6, 6.07) is 0. The van der Waals surface area contributed by atoms with Gasteiger partial charge in [0.2, 0.25) is 17.8 Å². The quantitative estimate of drug-likeness (QED) is 0.278. The Balaban J connectivity index is 2.20. The van der Waals surface area contributed by atoms with Crippen LogP contribution in [0.25, 0.3) is 0 Å². The Morgan fingerprint density at radius 2 is 2.14 bits per heavy atom. The number of carbonyl (C=O) groups excluding carboxylic acids is 1. The lowest BCUT2D eigenvalue weighted by molar-refractivity contribution is -0.120. The van der Waals surface area contributed by atoms with E-state index in [-0.39, 0.29) is 11.2 Å². The highest BCUT2D eigenvalue weighted by atomic mass is 32.2. The summed E-state index contributed by atoms with van der Waals surface area (Å²) in [5.74, 6) is 5.97. The smallest absolute Gasteiger partial charge is 0.247 e. The van der Waals surface area contributed by atoms with Gasteiger partial charge < -0.3 is 15.0 Å². The number of morpholine rings is 1. The number of hydrogen-bond acceptors (Lipinski definition) is 9. The Hall–Kier alpha value is -1.65. The molecule has 22 heavy (non-hydrogen) atoms. The number of nitrogens with two attached hydrogens (primary N) is 1. The van der Waals surface area contributed by atoms with Crippen molar-refractivity contribution in [3.8, 4) is 0 Å². The van der Waals surface area contributed by atoms with Crippen molar-refractivity contribution in [1.82, 2.24) is 20.4 Å². The van der Waals surface area contributed by atoms with E-state index in [1.165, 1.54) is 11.8 Å². The fourth-order valence-electron chi connectivity index (χ4n) is 1.87. The van der Waals surface area contributed by atoms with E-state index in [1.54, 1.807) is 6.92 Å². The van der Waals surface area contributed by atoms with Crippen molar-refractivity contribution in [2.45, 2.75) is 24.3 Å². The van der Waals surface area contributed by atoms with Crippen LogP contribution in [-0.4, -0.2) is 59.0 Å². The number of nitrogens with zero attached hydrogens (tertiary/aromatic N) is 4. The molecule has 10 heteroatoms. The number of aromatic nitrogens is 3. The van der Waals surface area contributed by atoms with Crippen molar-refractivity contribution in [1.29, 1.82) is 0 Å². The molecule has 0 unspecified atom stereocenters. The summed E-state index contributed by atoms with van der Waals surface area (Å²) in [7, 11) is 0. The molecule has 1 atom stereocenters. The molecule has 9 nitrogen and oxygen atoms in total. The Morgan fingerprint density at radius 1 is 1.41 bits per heavy atom. The highest BCUT2D eigenvalue weighted by Crippen LogP contribution is 2.23. The second kappa shape index (κ2) is 8.11. The van der Waals surface area contributed by atoms with E-state index < -0.39 is 0 Å². The molecule has 1 fully saturated rings. The summed E-state index contributed by atoms with van der Waals surface area (Å²) in [4.78, 5) is 26.8. The molecule has 2 rings (SSSR count). The summed E-state index contributed by atoms with van der Waals surface area (Å²) >= 11 is 1.24. The second-order valence-electron chi connectivity index (χ2n) is 4.64. The van der Waals surface area contributed by atoms with Crippen molar-refractivity contribution < 1.29 is 9.53 Å². The third-order valence-corrected chi connectivity index (χ3v) is 3.99. The molecule has 2 heterocycles. The number of nitrogens with one attached hydrogen (secondary N) is 2. The molecule has 0 aromatic carbocycles. The molecule has 0 aliphatic carbocycles. The van der Waals surface area contributed by atoms with E-state index in [2.05, 4.69) is 25.7 Å². The fraction of sp³-hybridized carbons (Fsp3) is 0.667. The van der Waals surface area contributed by atoms with Gasteiger partial charge in [-0.05, 0) is 13.8 Å². The van der Waals surface area contributed by atoms with Crippen LogP contribution in [0, 0.1) is 0 Å². The molecular weight excluding hydrogens is 306 g/mol. The highest BCUT2D eigenvalue weighted by molar-refractivity contribution is 8.00. The van der Waals surface area contributed by atoms with Gasteiger partial charge in [-0.25, -0.2) is 5.84 Å². The van der Waals surface area contributed by atoms with Crippen molar-refractivity contribution >= 4 is 29.6 Å². The third-order valence-electron chi connectivity index (χ3n) is 3.03. The topological polar surface area (TPSA) is 118 Å². The Kier molecular flexibility index (Phi) is 6.16. The first-order valence-electron chi connectivity index (χ1n) is 7.13. The molecule has 1 aliphatic heterocycles. The molecule has 0 radical (unpaired) electrons. The molecule has 0 bridgehead atoms. The van der Waals surface area contributed by atoms with Gasteiger partial charge in [0.15, 0.2) is 5.16 Å². The molecule has 1 saturated heterocycles. The summed E-state index contributed by atoms with van der Waals surface area (Å²) in [6.45, 7) is 7.19. The number of carbonyl (C=O) groups is 1. The largest absolute Gasteiger partial charge is 0.378 e. The molecule has 1 amide bonds. The van der Waals surface area contributed by atoms with Gasteiger partial charge in [-0.3, -0.25) is 10.2 Å². The number of thioether (sulfide) groups is 1. The average molecular weight is 327 g/mol. The van der Waals surface area contributed by atoms with Gasteiger partial charge in [0, 0.05) is 19.6 Å². The maximum atomic E-state index is 11.5. The lowest BCUT2D eigenvalue weighted by Crippen LogP contribution is -2.38. The summed E-state index contributed by atoms with van der Waals surface area (Å²) < 4.78 is 5.34. The normalized spacial score (nSPS) is 16.2. The molecule has 1 aromatic heterocycles. The Bertz CT molecular complexity index is 510. The van der Waals surface area contributed by atoms with Crippen LogP contribution in [0.2, 0.25) is 0 Å². The fourth-order valence-corrected chi connectivity index (χ4v) is 2.63. The van der Waals surface area contributed by atoms with E-state index in [0.717, 1.165) is 13.1 Å². The number of hydrogen-bond donors (Lipinski definition) is 3. The van der Waals surface area contributed by atoms with Crippen molar-refractivity contribution in [3.63, 3.8) is 0 Å². The van der Waals surface area contributed by atoms with E-state index in [1.807, 2.05) is 11.8 Å². The predicted molar refractivity (Wildman–Crippen MR) is 84.7 cm³/mol. The summed E-state index contributed by atoms with van der Waals surface area (Å²) in [6.07, 6.45) is 0. The minimum Gasteiger partial charge on any atom is -0.378 e. The van der Waals surface area contributed by atoms with Crippen LogP contribution in [0.1, 0.15) is 13.8 Å². The Labute approximate surface area is 133 Å². The number of amides is 1. The lowest BCUT2D eigenvalue weighted by atomic mass is 10.4. The zero-order valence-corrected chi connectivity index (χ0v) is 13.5. The van der Waals surface area contributed by atoms with Crippen molar-refractivity contribution in [2.24, 2.45) is 5.84 Å².